The normalized spacial score (nSPS) is 32.3. The highest BCUT2D eigenvalue weighted by atomic mass is 16.5. The molecule has 1 fully saturated rings. The molecule has 4 nitrogen and oxygen atoms in total. The van der Waals surface area contributed by atoms with Gasteiger partial charge in [-0.2, -0.15) is 0 Å². The molecule has 18 heavy (non-hydrogen) atoms. The zero-order chi connectivity index (χ0) is 13.1. The summed E-state index contributed by atoms with van der Waals surface area (Å²) in [7, 11) is 0. The molecule has 0 spiro atoms. The first-order chi connectivity index (χ1) is 8.56. The van der Waals surface area contributed by atoms with E-state index < -0.39 is 0 Å². The van der Waals surface area contributed by atoms with E-state index in [1.807, 2.05) is 0 Å². The zero-order valence-electron chi connectivity index (χ0n) is 11.1. The number of amides is 2. The Morgan fingerprint density at radius 1 is 1.28 bits per heavy atom. The number of hydrogen-bond acceptors (Lipinski definition) is 3. The summed E-state index contributed by atoms with van der Waals surface area (Å²) in [4.78, 5) is 22.2. The van der Waals surface area contributed by atoms with Crippen molar-refractivity contribution in [2.45, 2.75) is 33.1 Å². The van der Waals surface area contributed by atoms with E-state index in [2.05, 4.69) is 19.2 Å². The number of ether oxygens (including phenoxy) is 1. The molecule has 1 heterocycles. The van der Waals surface area contributed by atoms with Crippen molar-refractivity contribution in [2.75, 3.05) is 13.2 Å². The molecule has 0 bridgehead atoms. The molecule has 3 atom stereocenters. The first kappa shape index (κ1) is 13.3. The van der Waals surface area contributed by atoms with Crippen molar-refractivity contribution >= 4 is 11.8 Å². The van der Waals surface area contributed by atoms with Crippen LogP contribution in [0, 0.1) is 17.8 Å². The maximum atomic E-state index is 11.3. The van der Waals surface area contributed by atoms with Crippen LogP contribution in [-0.2, 0) is 14.3 Å². The molecule has 2 unspecified atom stereocenters. The Balaban J connectivity index is 1.71. The quantitative estimate of drug-likeness (QED) is 0.773. The zero-order valence-corrected chi connectivity index (χ0v) is 11.1. The van der Waals surface area contributed by atoms with Gasteiger partial charge >= 0.3 is 0 Å². The Bertz CT molecular complexity index is 375. The SMILES string of the molecule is CC1CC[C@H](COCC2=CC(=O)NC2=O)CC1C. The lowest BCUT2D eigenvalue weighted by molar-refractivity contribution is -0.124. The van der Waals surface area contributed by atoms with Crippen molar-refractivity contribution in [3.8, 4) is 0 Å². The molecule has 1 saturated carbocycles. The largest absolute Gasteiger partial charge is 0.376 e. The molecule has 1 aliphatic heterocycles. The van der Waals surface area contributed by atoms with Crippen LogP contribution < -0.4 is 5.32 Å². The summed E-state index contributed by atoms with van der Waals surface area (Å²) < 4.78 is 5.58. The predicted molar refractivity (Wildman–Crippen MR) is 67.7 cm³/mol. The Morgan fingerprint density at radius 3 is 2.67 bits per heavy atom. The van der Waals surface area contributed by atoms with Crippen LogP contribution in [0.4, 0.5) is 0 Å². The van der Waals surface area contributed by atoms with Crippen LogP contribution in [0.2, 0.25) is 0 Å². The maximum Gasteiger partial charge on any atom is 0.256 e. The Kier molecular flexibility index (Phi) is 4.17. The summed E-state index contributed by atoms with van der Waals surface area (Å²) in [5.41, 5.74) is 0.442. The topological polar surface area (TPSA) is 55.4 Å². The second kappa shape index (κ2) is 5.65. The molecule has 0 aromatic heterocycles. The fourth-order valence-electron chi connectivity index (χ4n) is 2.71. The highest BCUT2D eigenvalue weighted by Gasteiger charge is 2.25. The van der Waals surface area contributed by atoms with Gasteiger partial charge in [0.05, 0.1) is 6.61 Å². The lowest BCUT2D eigenvalue weighted by Gasteiger charge is -2.31. The standard InChI is InChI=1S/C14H21NO3/c1-9-3-4-11(5-10(9)2)7-18-8-12-6-13(16)15-14(12)17/h6,9-11H,3-5,7-8H2,1-2H3,(H,15,16,17)/t9?,10?,11-/m0/s1. The summed E-state index contributed by atoms with van der Waals surface area (Å²) in [5.74, 6) is 1.51. The molecule has 100 valence electrons. The Morgan fingerprint density at radius 2 is 2.06 bits per heavy atom. The van der Waals surface area contributed by atoms with E-state index in [0.717, 1.165) is 11.8 Å². The smallest absolute Gasteiger partial charge is 0.256 e. The highest BCUT2D eigenvalue weighted by molar-refractivity contribution is 6.16. The molecule has 1 aliphatic carbocycles. The lowest BCUT2D eigenvalue weighted by Crippen LogP contribution is -2.25. The first-order valence-corrected chi connectivity index (χ1v) is 6.70. The number of carbonyl (C=O) groups is 2. The monoisotopic (exact) mass is 251 g/mol. The van der Waals surface area contributed by atoms with Gasteiger partial charge in [-0.15, -0.1) is 0 Å². The van der Waals surface area contributed by atoms with Gasteiger partial charge in [-0.25, -0.2) is 0 Å². The van der Waals surface area contributed by atoms with Gasteiger partial charge in [-0.05, 0) is 30.6 Å². The van der Waals surface area contributed by atoms with E-state index in [-0.39, 0.29) is 18.4 Å². The predicted octanol–water partition coefficient (Wildman–Crippen LogP) is 1.66. The molecule has 4 heteroatoms. The lowest BCUT2D eigenvalue weighted by atomic mass is 9.76. The fraction of sp³-hybridized carbons (Fsp3) is 0.714. The number of hydrogen-bond donors (Lipinski definition) is 1. The molecule has 0 aromatic carbocycles. The summed E-state index contributed by atoms with van der Waals surface area (Å²) in [5, 5.41) is 2.22. The van der Waals surface area contributed by atoms with Gasteiger partial charge in [-0.1, -0.05) is 20.3 Å². The molecule has 0 saturated heterocycles. The van der Waals surface area contributed by atoms with Crippen molar-refractivity contribution in [1.82, 2.24) is 5.32 Å². The average molecular weight is 251 g/mol. The van der Waals surface area contributed by atoms with Crippen molar-refractivity contribution in [3.05, 3.63) is 11.6 Å². The second-order valence-electron chi connectivity index (χ2n) is 5.64. The van der Waals surface area contributed by atoms with Crippen LogP contribution in [-0.4, -0.2) is 25.0 Å². The molecular formula is C14H21NO3. The minimum atomic E-state index is -0.335. The molecule has 0 aromatic rings. The van der Waals surface area contributed by atoms with Gasteiger partial charge in [0.25, 0.3) is 11.8 Å². The van der Waals surface area contributed by atoms with E-state index in [0.29, 0.717) is 18.1 Å². The molecular weight excluding hydrogens is 230 g/mol. The third-order valence-electron chi connectivity index (χ3n) is 4.15. The molecule has 2 aliphatic rings. The van der Waals surface area contributed by atoms with E-state index in [9.17, 15) is 9.59 Å². The third kappa shape index (κ3) is 3.19. The van der Waals surface area contributed by atoms with Crippen molar-refractivity contribution in [1.29, 1.82) is 0 Å². The van der Waals surface area contributed by atoms with Crippen LogP contribution in [0.25, 0.3) is 0 Å². The highest BCUT2D eigenvalue weighted by Crippen LogP contribution is 2.33. The van der Waals surface area contributed by atoms with Gasteiger partial charge in [0.2, 0.25) is 0 Å². The van der Waals surface area contributed by atoms with Crippen LogP contribution in [0.5, 0.6) is 0 Å². The first-order valence-electron chi connectivity index (χ1n) is 6.70. The van der Waals surface area contributed by atoms with Crippen LogP contribution in [0.3, 0.4) is 0 Å². The number of carbonyl (C=O) groups excluding carboxylic acids is 2. The average Bonchev–Trinajstić information content (AvgIpc) is 2.63. The molecule has 1 N–H and O–H groups in total. The van der Waals surface area contributed by atoms with Crippen LogP contribution in [0.15, 0.2) is 11.6 Å². The summed E-state index contributed by atoms with van der Waals surface area (Å²) in [6, 6.07) is 0. The summed E-state index contributed by atoms with van der Waals surface area (Å²) >= 11 is 0. The van der Waals surface area contributed by atoms with Crippen LogP contribution in [0.1, 0.15) is 33.1 Å². The van der Waals surface area contributed by atoms with Gasteiger partial charge in [-0.3, -0.25) is 14.9 Å². The number of rotatable bonds is 4. The minimum Gasteiger partial charge on any atom is -0.376 e. The summed E-state index contributed by atoms with van der Waals surface area (Å²) in [6.07, 6.45) is 4.99. The summed E-state index contributed by atoms with van der Waals surface area (Å²) in [6.45, 7) is 5.54. The molecule has 2 amide bonds. The minimum absolute atomic E-state index is 0.248. The van der Waals surface area contributed by atoms with E-state index in [1.54, 1.807) is 0 Å². The Hall–Kier alpha value is -1.16. The fourth-order valence-corrected chi connectivity index (χ4v) is 2.71. The van der Waals surface area contributed by atoms with Crippen molar-refractivity contribution in [3.63, 3.8) is 0 Å². The maximum absolute atomic E-state index is 11.3. The van der Waals surface area contributed by atoms with Crippen molar-refractivity contribution in [2.24, 2.45) is 17.8 Å². The number of imide groups is 1. The number of nitrogens with one attached hydrogen (secondary N) is 1. The molecule has 0 radical (unpaired) electrons. The Labute approximate surface area is 108 Å². The second-order valence-corrected chi connectivity index (χ2v) is 5.64. The van der Waals surface area contributed by atoms with Gasteiger partial charge < -0.3 is 4.74 Å². The van der Waals surface area contributed by atoms with E-state index in [1.165, 1.54) is 25.3 Å². The molecule has 2 rings (SSSR count). The van der Waals surface area contributed by atoms with Gasteiger partial charge in [0.15, 0.2) is 0 Å². The van der Waals surface area contributed by atoms with Gasteiger partial charge in [0, 0.05) is 18.3 Å². The van der Waals surface area contributed by atoms with E-state index in [4.69, 9.17) is 4.74 Å². The van der Waals surface area contributed by atoms with E-state index >= 15 is 0 Å². The third-order valence-corrected chi connectivity index (χ3v) is 4.15. The van der Waals surface area contributed by atoms with Crippen LogP contribution >= 0.6 is 0 Å². The van der Waals surface area contributed by atoms with Gasteiger partial charge in [0.1, 0.15) is 0 Å². The van der Waals surface area contributed by atoms with Crippen molar-refractivity contribution < 1.29 is 14.3 Å².